The van der Waals surface area contributed by atoms with Gasteiger partial charge in [-0.15, -0.1) is 0 Å². The van der Waals surface area contributed by atoms with Crippen LogP contribution >= 0.6 is 10.8 Å². The largest absolute Gasteiger partial charge is 0.372 e. The molecule has 0 bridgehead atoms. The lowest BCUT2D eigenvalue weighted by molar-refractivity contribution is 0.656. The van der Waals surface area contributed by atoms with Gasteiger partial charge >= 0.3 is 0 Å². The third-order valence-corrected chi connectivity index (χ3v) is 6.29. The normalized spacial score (nSPS) is 15.2. The first-order valence-electron chi connectivity index (χ1n) is 9.05. The van der Waals surface area contributed by atoms with E-state index in [1.807, 2.05) is 12.1 Å². The Bertz CT molecular complexity index is 886. The lowest BCUT2D eigenvalue weighted by Crippen LogP contribution is -2.23. The molecule has 0 aromatic heterocycles. The molecular weight excluding hydrogens is 330 g/mol. The zero-order chi connectivity index (χ0) is 18.0. The molecule has 0 spiro atoms. The van der Waals surface area contributed by atoms with E-state index in [1.165, 1.54) is 0 Å². The third kappa shape index (κ3) is 3.31. The fourth-order valence-electron chi connectivity index (χ4n) is 3.32. The second-order valence-corrected chi connectivity index (χ2v) is 7.49. The number of benzene rings is 2. The molecule has 1 unspecified atom stereocenters. The standard InChI is InChI=1S/C20H27N3OS/c1-5-22(6-2)15-9-11-17-19(13-15)25(24)20-14-16(23(7-3)8-4)10-12-18(20)21-17/h9-14,24H,5-8H2,1-4H3. The minimum atomic E-state index is -0.949. The van der Waals surface area contributed by atoms with E-state index >= 15 is 0 Å². The number of anilines is 2. The first-order valence-corrected chi connectivity index (χ1v) is 10.2. The van der Waals surface area contributed by atoms with Gasteiger partial charge in [0, 0.05) is 37.6 Å². The second-order valence-electron chi connectivity index (χ2n) is 6.05. The molecule has 1 aliphatic heterocycles. The maximum Gasteiger partial charge on any atom is 0.0792 e. The van der Waals surface area contributed by atoms with Crippen molar-refractivity contribution in [3.05, 3.63) is 46.3 Å². The number of nitrogens with zero attached hydrogens (tertiary/aromatic N) is 3. The molecule has 1 heterocycles. The van der Waals surface area contributed by atoms with E-state index in [0.29, 0.717) is 0 Å². The Morgan fingerprint density at radius 3 is 2.00 bits per heavy atom. The highest BCUT2D eigenvalue weighted by atomic mass is 32.2. The fourth-order valence-corrected chi connectivity index (χ4v) is 4.64. The zero-order valence-electron chi connectivity index (χ0n) is 15.5. The molecule has 2 aromatic carbocycles. The molecule has 5 heteroatoms. The summed E-state index contributed by atoms with van der Waals surface area (Å²) in [6.07, 6.45) is 0. The van der Waals surface area contributed by atoms with Crippen molar-refractivity contribution in [2.75, 3.05) is 36.0 Å². The molecule has 3 rings (SSSR count). The van der Waals surface area contributed by atoms with E-state index in [1.54, 1.807) is 0 Å². The number of hydrogen-bond donors (Lipinski definition) is 1. The third-order valence-electron chi connectivity index (χ3n) is 4.80. The summed E-state index contributed by atoms with van der Waals surface area (Å²) in [7, 11) is -0.949. The smallest absolute Gasteiger partial charge is 0.0792 e. The van der Waals surface area contributed by atoms with Gasteiger partial charge in [0.2, 0.25) is 0 Å². The molecule has 0 amide bonds. The van der Waals surface area contributed by atoms with Gasteiger partial charge in [-0.25, -0.2) is 4.99 Å². The molecule has 25 heavy (non-hydrogen) atoms. The number of hydrogen-bond acceptors (Lipinski definition) is 4. The average Bonchev–Trinajstić information content (AvgIpc) is 2.64. The number of fused-ring (bicyclic) bond motifs is 2. The summed E-state index contributed by atoms with van der Waals surface area (Å²) in [4.78, 5) is 10.3. The van der Waals surface area contributed by atoms with Crippen LogP contribution in [0.3, 0.4) is 0 Å². The summed E-state index contributed by atoms with van der Waals surface area (Å²) in [5.41, 5.74) is 3.17. The highest BCUT2D eigenvalue weighted by molar-refractivity contribution is 8.04. The van der Waals surface area contributed by atoms with E-state index < -0.39 is 10.8 Å². The van der Waals surface area contributed by atoms with E-state index in [2.05, 4.69) is 61.8 Å². The summed E-state index contributed by atoms with van der Waals surface area (Å²) >= 11 is 0. The SMILES string of the molecule is CCN(CC)c1ccc2c(c1)S(O)=c1cc(N(CC)CC)ccc1=N2. The molecule has 1 atom stereocenters. The van der Waals surface area contributed by atoms with Crippen LogP contribution in [-0.2, 0) is 0 Å². The highest BCUT2D eigenvalue weighted by Crippen LogP contribution is 2.39. The highest BCUT2D eigenvalue weighted by Gasteiger charge is 2.15. The van der Waals surface area contributed by atoms with Crippen molar-refractivity contribution in [1.82, 2.24) is 0 Å². The van der Waals surface area contributed by atoms with Crippen molar-refractivity contribution in [2.24, 2.45) is 4.99 Å². The van der Waals surface area contributed by atoms with Crippen LogP contribution in [0.25, 0.3) is 0 Å². The van der Waals surface area contributed by atoms with Crippen molar-refractivity contribution in [3.8, 4) is 0 Å². The maximum absolute atomic E-state index is 11.0. The number of rotatable bonds is 6. The van der Waals surface area contributed by atoms with Gasteiger partial charge in [0.05, 0.1) is 20.5 Å². The Morgan fingerprint density at radius 1 is 0.840 bits per heavy atom. The van der Waals surface area contributed by atoms with Gasteiger partial charge in [0.15, 0.2) is 0 Å². The van der Waals surface area contributed by atoms with Crippen LogP contribution in [0, 0.1) is 4.51 Å². The van der Waals surface area contributed by atoms with Crippen LogP contribution in [0.4, 0.5) is 17.1 Å². The molecule has 1 N–H and O–H groups in total. The summed E-state index contributed by atoms with van der Waals surface area (Å²) in [5.74, 6) is 0. The van der Waals surface area contributed by atoms with E-state index in [0.717, 1.165) is 58.0 Å². The van der Waals surface area contributed by atoms with Gasteiger partial charge in [-0.2, -0.15) is 0 Å². The lowest BCUT2D eigenvalue weighted by Gasteiger charge is -2.23. The quantitative estimate of drug-likeness (QED) is 0.762. The minimum absolute atomic E-state index is 0.879. The summed E-state index contributed by atoms with van der Waals surface area (Å²) in [6, 6.07) is 12.5. The topological polar surface area (TPSA) is 39.1 Å². The van der Waals surface area contributed by atoms with Crippen molar-refractivity contribution in [3.63, 3.8) is 0 Å². The monoisotopic (exact) mass is 357 g/mol. The molecule has 134 valence electrons. The minimum Gasteiger partial charge on any atom is -0.372 e. The predicted molar refractivity (Wildman–Crippen MR) is 108 cm³/mol. The summed E-state index contributed by atoms with van der Waals surface area (Å²) in [5, 5.41) is 0.879. The molecule has 0 radical (unpaired) electrons. The van der Waals surface area contributed by atoms with Crippen LogP contribution in [0.1, 0.15) is 27.7 Å². The Labute approximate surface area is 152 Å². The Balaban J connectivity index is 2.15. The van der Waals surface area contributed by atoms with E-state index in [9.17, 15) is 4.55 Å². The van der Waals surface area contributed by atoms with Gasteiger partial charge < -0.3 is 14.4 Å². The van der Waals surface area contributed by atoms with Crippen molar-refractivity contribution < 1.29 is 4.55 Å². The maximum atomic E-state index is 11.0. The summed E-state index contributed by atoms with van der Waals surface area (Å²) < 4.78 is 12.0. The van der Waals surface area contributed by atoms with Crippen molar-refractivity contribution >= 4 is 27.8 Å². The average molecular weight is 358 g/mol. The summed E-state index contributed by atoms with van der Waals surface area (Å²) in [6.45, 7) is 12.4. The van der Waals surface area contributed by atoms with Gasteiger partial charge in [0.25, 0.3) is 0 Å². The van der Waals surface area contributed by atoms with Crippen LogP contribution in [0.5, 0.6) is 0 Å². The van der Waals surface area contributed by atoms with E-state index in [4.69, 9.17) is 4.99 Å². The van der Waals surface area contributed by atoms with Crippen LogP contribution in [0.15, 0.2) is 46.3 Å². The first kappa shape index (κ1) is 18.0. The molecule has 1 aliphatic rings. The van der Waals surface area contributed by atoms with Crippen LogP contribution < -0.4 is 15.2 Å². The Kier molecular flexibility index (Phi) is 5.45. The van der Waals surface area contributed by atoms with Gasteiger partial charge in [-0.1, -0.05) is 0 Å². The van der Waals surface area contributed by atoms with Crippen molar-refractivity contribution in [1.29, 1.82) is 0 Å². The Morgan fingerprint density at radius 2 is 1.40 bits per heavy atom. The predicted octanol–water partition coefficient (Wildman–Crippen LogP) is 4.70. The van der Waals surface area contributed by atoms with E-state index in [-0.39, 0.29) is 0 Å². The lowest BCUT2D eigenvalue weighted by atomic mass is 10.2. The van der Waals surface area contributed by atoms with Gasteiger partial charge in [-0.3, -0.25) is 0 Å². The molecule has 0 fully saturated rings. The molecule has 0 aliphatic carbocycles. The fraction of sp³-hybridized carbons (Fsp3) is 0.400. The van der Waals surface area contributed by atoms with Gasteiger partial charge in [-0.05, 0) is 74.9 Å². The van der Waals surface area contributed by atoms with Crippen molar-refractivity contribution in [2.45, 2.75) is 32.6 Å². The molecule has 4 nitrogen and oxygen atoms in total. The zero-order valence-corrected chi connectivity index (χ0v) is 16.3. The molecule has 0 saturated heterocycles. The first-order chi connectivity index (χ1) is 12.1. The molecule has 2 aromatic rings. The van der Waals surface area contributed by atoms with Gasteiger partial charge in [0.1, 0.15) is 0 Å². The Hall–Kier alpha value is -1.85. The van der Waals surface area contributed by atoms with Crippen LogP contribution in [0.2, 0.25) is 0 Å². The second kappa shape index (κ2) is 7.58. The molecule has 0 saturated carbocycles. The van der Waals surface area contributed by atoms with Crippen LogP contribution in [-0.4, -0.2) is 30.7 Å². The molecular formula is C20H27N3OS.